The van der Waals surface area contributed by atoms with Crippen molar-refractivity contribution in [3.63, 3.8) is 0 Å². The van der Waals surface area contributed by atoms with Gasteiger partial charge in [0.15, 0.2) is 5.78 Å². The second kappa shape index (κ2) is 10.7. The van der Waals surface area contributed by atoms with Crippen molar-refractivity contribution in [2.75, 3.05) is 19.6 Å². The molecule has 0 amide bonds. The van der Waals surface area contributed by atoms with E-state index in [1.807, 2.05) is 61.5 Å². The smallest absolute Gasteiger partial charge is 0.163 e. The Morgan fingerprint density at radius 2 is 1.57 bits per heavy atom. The van der Waals surface area contributed by atoms with Gasteiger partial charge in [-0.3, -0.25) is 4.79 Å². The lowest BCUT2D eigenvalue weighted by Gasteiger charge is -2.41. The van der Waals surface area contributed by atoms with Crippen molar-refractivity contribution in [3.8, 4) is 0 Å². The summed E-state index contributed by atoms with van der Waals surface area (Å²) in [5.41, 5.74) is 3.28. The molecule has 1 aliphatic heterocycles. The summed E-state index contributed by atoms with van der Waals surface area (Å²) in [5.74, 6) is -0.501. The van der Waals surface area contributed by atoms with Crippen LogP contribution in [-0.2, 0) is 4.79 Å². The molecule has 1 N–H and O–H groups in total. The first kappa shape index (κ1) is 24.1. The SMILES string of the molecule is CCN1CC[C@@](O)(/C=C/c2ccc(C)cc2)[C@H](C(=O)/C=C/c2ccc(C)cc2)C1.Cl. The topological polar surface area (TPSA) is 40.5 Å². The van der Waals surface area contributed by atoms with E-state index < -0.39 is 11.5 Å². The molecule has 2 aromatic rings. The number of carbonyl (C=O) groups excluding carboxylic acids is 1. The van der Waals surface area contributed by atoms with Crippen LogP contribution in [0.3, 0.4) is 0 Å². The molecule has 1 aliphatic rings. The Bertz CT molecular complexity index is 886. The van der Waals surface area contributed by atoms with E-state index in [1.165, 1.54) is 11.1 Å². The summed E-state index contributed by atoms with van der Waals surface area (Å²) in [5, 5.41) is 11.4. The number of allylic oxidation sites excluding steroid dienone is 1. The Morgan fingerprint density at radius 1 is 1.03 bits per heavy atom. The van der Waals surface area contributed by atoms with Crippen LogP contribution in [0.15, 0.2) is 60.7 Å². The Balaban J connectivity index is 0.00000320. The van der Waals surface area contributed by atoms with Crippen LogP contribution in [0, 0.1) is 19.8 Å². The highest BCUT2D eigenvalue weighted by Gasteiger charge is 2.42. The van der Waals surface area contributed by atoms with Crippen molar-refractivity contribution in [1.29, 1.82) is 0 Å². The standard InChI is InChI=1S/C26H31NO2.ClH/c1-4-27-18-17-26(29,16-15-23-11-7-21(3)8-12-23)24(19-27)25(28)14-13-22-9-5-20(2)6-10-22;/h5-16,24,29H,4,17-19H2,1-3H3;1H/b14-13+,16-15+;/t24-,26-;/m0./s1. The number of aliphatic hydroxyl groups is 1. The van der Waals surface area contributed by atoms with Gasteiger partial charge in [0.2, 0.25) is 0 Å². The molecule has 3 nitrogen and oxygen atoms in total. The monoisotopic (exact) mass is 425 g/mol. The summed E-state index contributed by atoms with van der Waals surface area (Å²) in [6.07, 6.45) is 7.78. The zero-order valence-electron chi connectivity index (χ0n) is 18.0. The third kappa shape index (κ3) is 6.15. The summed E-state index contributed by atoms with van der Waals surface area (Å²) in [4.78, 5) is 15.3. The fourth-order valence-electron chi connectivity index (χ4n) is 3.73. The maximum absolute atomic E-state index is 13.1. The number of benzene rings is 2. The molecule has 2 aromatic carbocycles. The molecule has 1 heterocycles. The average molecular weight is 426 g/mol. The fourth-order valence-corrected chi connectivity index (χ4v) is 3.73. The molecule has 0 saturated carbocycles. The fraction of sp³-hybridized carbons (Fsp3) is 0.346. The van der Waals surface area contributed by atoms with E-state index in [1.54, 1.807) is 6.08 Å². The van der Waals surface area contributed by atoms with E-state index in [-0.39, 0.29) is 18.2 Å². The van der Waals surface area contributed by atoms with Gasteiger partial charge in [-0.05, 0) is 44.0 Å². The highest BCUT2D eigenvalue weighted by Crippen LogP contribution is 2.31. The van der Waals surface area contributed by atoms with Gasteiger partial charge in [0.25, 0.3) is 0 Å². The van der Waals surface area contributed by atoms with Gasteiger partial charge in [0.1, 0.15) is 0 Å². The predicted molar refractivity (Wildman–Crippen MR) is 128 cm³/mol. The molecular formula is C26H32ClNO2. The minimum absolute atomic E-state index is 0. The van der Waals surface area contributed by atoms with Crippen LogP contribution in [0.1, 0.15) is 35.6 Å². The quantitative estimate of drug-likeness (QED) is 0.655. The third-order valence-corrected chi connectivity index (χ3v) is 5.82. The van der Waals surface area contributed by atoms with Gasteiger partial charge < -0.3 is 10.0 Å². The lowest BCUT2D eigenvalue weighted by atomic mass is 9.77. The molecule has 0 bridgehead atoms. The van der Waals surface area contributed by atoms with Crippen LogP contribution in [-0.4, -0.2) is 41.0 Å². The molecule has 0 spiro atoms. The number of likely N-dealkylation sites (tertiary alicyclic amines) is 1. The van der Waals surface area contributed by atoms with Crippen LogP contribution in [0.4, 0.5) is 0 Å². The number of carbonyl (C=O) groups is 1. The van der Waals surface area contributed by atoms with Gasteiger partial charge in [-0.25, -0.2) is 0 Å². The number of halogens is 1. The molecule has 1 saturated heterocycles. The highest BCUT2D eigenvalue weighted by molar-refractivity contribution is 5.96. The Hall–Kier alpha value is -2.20. The number of hydrogen-bond acceptors (Lipinski definition) is 3. The lowest BCUT2D eigenvalue weighted by molar-refractivity contribution is -0.129. The molecular weight excluding hydrogens is 394 g/mol. The van der Waals surface area contributed by atoms with Gasteiger partial charge in [0, 0.05) is 13.1 Å². The maximum atomic E-state index is 13.1. The molecule has 0 aromatic heterocycles. The summed E-state index contributed by atoms with van der Waals surface area (Å²) in [6, 6.07) is 16.2. The van der Waals surface area contributed by atoms with E-state index in [0.717, 1.165) is 24.2 Å². The van der Waals surface area contributed by atoms with Crippen molar-refractivity contribution in [1.82, 2.24) is 4.90 Å². The summed E-state index contributed by atoms with van der Waals surface area (Å²) >= 11 is 0. The molecule has 0 aliphatic carbocycles. The summed E-state index contributed by atoms with van der Waals surface area (Å²) in [7, 11) is 0. The van der Waals surface area contributed by atoms with Gasteiger partial charge in [-0.1, -0.05) is 84.8 Å². The Morgan fingerprint density at radius 3 is 2.10 bits per heavy atom. The first-order valence-corrected chi connectivity index (χ1v) is 10.4. The number of hydrogen-bond donors (Lipinski definition) is 1. The number of aryl methyl sites for hydroxylation is 2. The third-order valence-electron chi connectivity index (χ3n) is 5.82. The van der Waals surface area contributed by atoms with E-state index in [9.17, 15) is 9.90 Å². The molecule has 4 heteroatoms. The van der Waals surface area contributed by atoms with E-state index in [0.29, 0.717) is 13.0 Å². The van der Waals surface area contributed by atoms with Crippen molar-refractivity contribution in [2.45, 2.75) is 32.8 Å². The minimum Gasteiger partial charge on any atom is -0.385 e. The van der Waals surface area contributed by atoms with Crippen LogP contribution in [0.5, 0.6) is 0 Å². The largest absolute Gasteiger partial charge is 0.385 e. The number of rotatable bonds is 6. The summed E-state index contributed by atoms with van der Waals surface area (Å²) < 4.78 is 0. The van der Waals surface area contributed by atoms with Gasteiger partial charge in [-0.15, -0.1) is 12.4 Å². The van der Waals surface area contributed by atoms with Gasteiger partial charge in [0.05, 0.1) is 11.5 Å². The number of ketones is 1. The second-order valence-corrected chi connectivity index (χ2v) is 8.08. The average Bonchev–Trinajstić information content (AvgIpc) is 2.73. The molecule has 3 rings (SSSR count). The Kier molecular flexibility index (Phi) is 8.60. The first-order valence-electron chi connectivity index (χ1n) is 10.4. The van der Waals surface area contributed by atoms with Crippen molar-refractivity contribution in [3.05, 3.63) is 82.9 Å². The van der Waals surface area contributed by atoms with Crippen molar-refractivity contribution >= 4 is 30.3 Å². The minimum atomic E-state index is -1.13. The molecule has 160 valence electrons. The predicted octanol–water partition coefficient (Wildman–Crippen LogP) is 5.09. The second-order valence-electron chi connectivity index (χ2n) is 8.08. The number of nitrogens with zero attached hydrogens (tertiary/aromatic N) is 1. The normalized spacial score (nSPS) is 22.3. The molecule has 1 fully saturated rings. The molecule has 0 unspecified atom stereocenters. The van der Waals surface area contributed by atoms with E-state index in [4.69, 9.17) is 0 Å². The van der Waals surface area contributed by atoms with Crippen molar-refractivity contribution < 1.29 is 9.90 Å². The van der Waals surface area contributed by atoms with Crippen LogP contribution in [0.25, 0.3) is 12.2 Å². The lowest BCUT2D eigenvalue weighted by Crippen LogP contribution is -2.53. The van der Waals surface area contributed by atoms with E-state index in [2.05, 4.69) is 30.9 Å². The summed E-state index contributed by atoms with van der Waals surface area (Å²) in [6.45, 7) is 8.43. The maximum Gasteiger partial charge on any atom is 0.163 e. The van der Waals surface area contributed by atoms with Crippen LogP contribution >= 0.6 is 12.4 Å². The molecule has 0 radical (unpaired) electrons. The first-order chi connectivity index (χ1) is 13.9. The van der Waals surface area contributed by atoms with Gasteiger partial charge >= 0.3 is 0 Å². The molecule has 2 atom stereocenters. The van der Waals surface area contributed by atoms with Crippen LogP contribution < -0.4 is 0 Å². The molecule has 30 heavy (non-hydrogen) atoms. The zero-order chi connectivity index (χ0) is 20.9. The van der Waals surface area contributed by atoms with Gasteiger partial charge in [-0.2, -0.15) is 0 Å². The number of piperidine rings is 1. The van der Waals surface area contributed by atoms with Crippen LogP contribution in [0.2, 0.25) is 0 Å². The van der Waals surface area contributed by atoms with Crippen molar-refractivity contribution in [2.24, 2.45) is 5.92 Å². The zero-order valence-corrected chi connectivity index (χ0v) is 18.9. The van der Waals surface area contributed by atoms with E-state index >= 15 is 0 Å². The highest BCUT2D eigenvalue weighted by atomic mass is 35.5. The Labute approximate surface area is 186 Å².